The van der Waals surface area contributed by atoms with Crippen LogP contribution in [0, 0.1) is 19.7 Å². The monoisotopic (exact) mass is 250 g/mol. The normalized spacial score (nSPS) is 10.4. The van der Waals surface area contributed by atoms with Crippen LogP contribution in [0.15, 0.2) is 22.6 Å². The number of hydrogen-bond donors (Lipinski definition) is 1. The zero-order valence-corrected chi connectivity index (χ0v) is 10.6. The van der Waals surface area contributed by atoms with Gasteiger partial charge in [-0.25, -0.2) is 9.37 Å². The lowest BCUT2D eigenvalue weighted by atomic mass is 10.3. The van der Waals surface area contributed by atoms with Gasteiger partial charge in [-0.1, -0.05) is 0 Å². The van der Waals surface area contributed by atoms with Crippen molar-refractivity contribution in [3.63, 3.8) is 0 Å². The van der Waals surface area contributed by atoms with E-state index in [-0.39, 0.29) is 5.82 Å². The van der Waals surface area contributed by atoms with Gasteiger partial charge in [0, 0.05) is 17.8 Å². The topological polar surface area (TPSA) is 47.3 Å². The molecule has 18 heavy (non-hydrogen) atoms. The summed E-state index contributed by atoms with van der Waals surface area (Å²) in [7, 11) is 1.50. The van der Waals surface area contributed by atoms with Crippen molar-refractivity contribution in [3.05, 3.63) is 41.4 Å². The summed E-state index contributed by atoms with van der Waals surface area (Å²) in [6.07, 6.45) is 0. The van der Waals surface area contributed by atoms with E-state index in [0.29, 0.717) is 23.9 Å². The van der Waals surface area contributed by atoms with E-state index in [0.717, 1.165) is 11.5 Å². The van der Waals surface area contributed by atoms with Crippen LogP contribution in [-0.2, 0) is 6.54 Å². The largest absolute Gasteiger partial charge is 0.497 e. The van der Waals surface area contributed by atoms with Crippen LogP contribution in [0.25, 0.3) is 0 Å². The number of rotatable bonds is 4. The van der Waals surface area contributed by atoms with Crippen molar-refractivity contribution in [2.75, 3.05) is 12.4 Å². The summed E-state index contributed by atoms with van der Waals surface area (Å²) in [6.45, 7) is 4.14. The Bertz CT molecular complexity index is 532. The highest BCUT2D eigenvalue weighted by atomic mass is 19.1. The molecule has 2 aromatic rings. The SMILES string of the molecule is COc1cc(F)cc(NCc2nc(C)c(C)o2)c1. The summed E-state index contributed by atoms with van der Waals surface area (Å²) in [6, 6.07) is 4.43. The van der Waals surface area contributed by atoms with Crippen LogP contribution in [0.4, 0.5) is 10.1 Å². The first-order valence-electron chi connectivity index (χ1n) is 5.60. The van der Waals surface area contributed by atoms with Crippen molar-refractivity contribution in [3.8, 4) is 5.75 Å². The van der Waals surface area contributed by atoms with Gasteiger partial charge in [-0.3, -0.25) is 0 Å². The molecule has 0 saturated heterocycles. The van der Waals surface area contributed by atoms with Crippen LogP contribution in [0.1, 0.15) is 17.3 Å². The first kappa shape index (κ1) is 12.4. The number of nitrogens with zero attached hydrogens (tertiary/aromatic N) is 1. The molecule has 0 spiro atoms. The van der Waals surface area contributed by atoms with E-state index in [1.807, 2.05) is 13.8 Å². The van der Waals surface area contributed by atoms with Gasteiger partial charge < -0.3 is 14.5 Å². The molecule has 0 unspecified atom stereocenters. The second kappa shape index (κ2) is 5.08. The van der Waals surface area contributed by atoms with Crippen molar-refractivity contribution in [1.29, 1.82) is 0 Å². The number of aromatic nitrogens is 1. The summed E-state index contributed by atoms with van der Waals surface area (Å²) in [5, 5.41) is 3.04. The Balaban J connectivity index is 2.07. The fourth-order valence-corrected chi connectivity index (χ4v) is 1.58. The fourth-order valence-electron chi connectivity index (χ4n) is 1.58. The molecule has 4 nitrogen and oxygen atoms in total. The molecule has 0 aliphatic rings. The number of nitrogens with one attached hydrogen (secondary N) is 1. The number of aryl methyl sites for hydroxylation is 2. The number of oxazole rings is 1. The number of hydrogen-bond acceptors (Lipinski definition) is 4. The molecule has 1 heterocycles. The van der Waals surface area contributed by atoms with Crippen LogP contribution < -0.4 is 10.1 Å². The Labute approximate surface area is 105 Å². The van der Waals surface area contributed by atoms with Crippen molar-refractivity contribution >= 4 is 5.69 Å². The van der Waals surface area contributed by atoms with Gasteiger partial charge in [0.2, 0.25) is 5.89 Å². The van der Waals surface area contributed by atoms with Crippen LogP contribution in [0.5, 0.6) is 5.75 Å². The predicted molar refractivity (Wildman–Crippen MR) is 66.3 cm³/mol. The van der Waals surface area contributed by atoms with E-state index in [2.05, 4.69) is 10.3 Å². The van der Waals surface area contributed by atoms with Crippen LogP contribution >= 0.6 is 0 Å². The third-order valence-corrected chi connectivity index (χ3v) is 2.62. The Morgan fingerprint density at radius 3 is 2.72 bits per heavy atom. The average Bonchev–Trinajstić information content (AvgIpc) is 2.65. The highest BCUT2D eigenvalue weighted by Gasteiger charge is 2.06. The second-order valence-corrected chi connectivity index (χ2v) is 3.98. The summed E-state index contributed by atoms with van der Waals surface area (Å²) >= 11 is 0. The highest BCUT2D eigenvalue weighted by molar-refractivity contribution is 5.48. The molecule has 2 rings (SSSR count). The molecular weight excluding hydrogens is 235 g/mol. The average molecular weight is 250 g/mol. The minimum Gasteiger partial charge on any atom is -0.497 e. The van der Waals surface area contributed by atoms with Gasteiger partial charge >= 0.3 is 0 Å². The number of methoxy groups -OCH3 is 1. The lowest BCUT2D eigenvalue weighted by Gasteiger charge is -2.06. The van der Waals surface area contributed by atoms with E-state index in [4.69, 9.17) is 9.15 Å². The molecule has 1 aromatic heterocycles. The van der Waals surface area contributed by atoms with Crippen LogP contribution in [0.3, 0.4) is 0 Å². The van der Waals surface area contributed by atoms with Gasteiger partial charge in [-0.2, -0.15) is 0 Å². The summed E-state index contributed by atoms with van der Waals surface area (Å²) in [5.41, 5.74) is 1.49. The second-order valence-electron chi connectivity index (χ2n) is 3.98. The van der Waals surface area contributed by atoms with E-state index < -0.39 is 0 Å². The molecule has 0 radical (unpaired) electrons. The molecule has 1 N–H and O–H groups in total. The molecule has 0 amide bonds. The number of halogens is 1. The van der Waals surface area contributed by atoms with Gasteiger partial charge in [0.1, 0.15) is 17.3 Å². The molecule has 0 fully saturated rings. The van der Waals surface area contributed by atoms with E-state index >= 15 is 0 Å². The summed E-state index contributed by atoms with van der Waals surface area (Å²) < 4.78 is 23.7. The maximum Gasteiger partial charge on any atom is 0.213 e. The number of anilines is 1. The summed E-state index contributed by atoms with van der Waals surface area (Å²) in [4.78, 5) is 4.24. The van der Waals surface area contributed by atoms with Crippen LogP contribution in [-0.4, -0.2) is 12.1 Å². The van der Waals surface area contributed by atoms with Gasteiger partial charge in [0.15, 0.2) is 0 Å². The summed E-state index contributed by atoms with van der Waals surface area (Å²) in [5.74, 6) is 1.49. The molecule has 0 aliphatic heterocycles. The molecule has 5 heteroatoms. The Kier molecular flexibility index (Phi) is 3.50. The lowest BCUT2D eigenvalue weighted by Crippen LogP contribution is -2.00. The van der Waals surface area contributed by atoms with Gasteiger partial charge in [0.25, 0.3) is 0 Å². The van der Waals surface area contributed by atoms with Gasteiger partial charge in [-0.05, 0) is 19.9 Å². The Morgan fingerprint density at radius 2 is 2.11 bits per heavy atom. The third kappa shape index (κ3) is 2.80. The number of benzene rings is 1. The molecule has 0 bridgehead atoms. The minimum atomic E-state index is -0.350. The molecule has 0 aliphatic carbocycles. The van der Waals surface area contributed by atoms with Crippen molar-refractivity contribution in [2.24, 2.45) is 0 Å². The maximum atomic E-state index is 13.2. The Hall–Kier alpha value is -2.04. The maximum absolute atomic E-state index is 13.2. The van der Waals surface area contributed by atoms with Crippen molar-refractivity contribution in [1.82, 2.24) is 4.98 Å². The smallest absolute Gasteiger partial charge is 0.213 e. The van der Waals surface area contributed by atoms with Crippen LogP contribution in [0.2, 0.25) is 0 Å². The first-order valence-corrected chi connectivity index (χ1v) is 5.60. The fraction of sp³-hybridized carbons (Fsp3) is 0.308. The molecule has 0 saturated carbocycles. The Morgan fingerprint density at radius 1 is 1.33 bits per heavy atom. The minimum absolute atomic E-state index is 0.350. The molecule has 1 aromatic carbocycles. The zero-order valence-electron chi connectivity index (χ0n) is 10.6. The molecular formula is C13H15FN2O2. The zero-order chi connectivity index (χ0) is 13.1. The number of ether oxygens (including phenoxy) is 1. The quantitative estimate of drug-likeness (QED) is 0.906. The molecule has 96 valence electrons. The standard InChI is InChI=1S/C13H15FN2O2/c1-8-9(2)18-13(16-8)7-15-11-4-10(14)5-12(6-11)17-3/h4-6,15H,7H2,1-3H3. The highest BCUT2D eigenvalue weighted by Crippen LogP contribution is 2.20. The van der Waals surface area contributed by atoms with Crippen molar-refractivity contribution in [2.45, 2.75) is 20.4 Å². The van der Waals surface area contributed by atoms with Gasteiger partial charge in [0.05, 0.1) is 19.3 Å². The van der Waals surface area contributed by atoms with E-state index in [1.165, 1.54) is 19.2 Å². The van der Waals surface area contributed by atoms with Gasteiger partial charge in [-0.15, -0.1) is 0 Å². The predicted octanol–water partition coefficient (Wildman–Crippen LogP) is 3.05. The molecule has 0 atom stereocenters. The van der Waals surface area contributed by atoms with Crippen molar-refractivity contribution < 1.29 is 13.5 Å². The van der Waals surface area contributed by atoms with E-state index in [1.54, 1.807) is 6.07 Å². The lowest BCUT2D eigenvalue weighted by molar-refractivity contribution is 0.411. The third-order valence-electron chi connectivity index (χ3n) is 2.62. The first-order chi connectivity index (χ1) is 8.58. The van der Waals surface area contributed by atoms with E-state index in [9.17, 15) is 4.39 Å².